The van der Waals surface area contributed by atoms with Crippen molar-refractivity contribution in [1.29, 1.82) is 0 Å². The van der Waals surface area contributed by atoms with E-state index in [-0.39, 0.29) is 17.9 Å². The Kier molecular flexibility index (Phi) is 3.83. The van der Waals surface area contributed by atoms with Crippen molar-refractivity contribution in [2.45, 2.75) is 25.3 Å². The van der Waals surface area contributed by atoms with Gasteiger partial charge in [-0.3, -0.25) is 14.3 Å². The van der Waals surface area contributed by atoms with E-state index in [1.54, 1.807) is 18.1 Å². The number of anilines is 1. The average Bonchev–Trinajstić information content (AvgIpc) is 3.17. The van der Waals surface area contributed by atoms with E-state index in [1.807, 2.05) is 41.2 Å². The Bertz CT molecular complexity index is 843. The standard InChI is InChI=1S/C18H19N5O2/c1-21-17(24)8-7-15(20-21)18(25)22-12-14(23-10-4-9-19-23)11-13-5-2-3-6-16(13)22/h2-6,9-10,14H,7-8,11-12H2,1H3/t14-/m0/s1. The summed E-state index contributed by atoms with van der Waals surface area (Å²) >= 11 is 0. The van der Waals surface area contributed by atoms with Crippen molar-refractivity contribution in [3.8, 4) is 0 Å². The monoisotopic (exact) mass is 337 g/mol. The van der Waals surface area contributed by atoms with Gasteiger partial charge in [0.15, 0.2) is 0 Å². The summed E-state index contributed by atoms with van der Waals surface area (Å²) in [5, 5.41) is 9.78. The summed E-state index contributed by atoms with van der Waals surface area (Å²) in [5.41, 5.74) is 2.46. The highest BCUT2D eigenvalue weighted by Gasteiger charge is 2.33. The van der Waals surface area contributed by atoms with Gasteiger partial charge < -0.3 is 4.90 Å². The number of hydrazone groups is 1. The molecule has 7 heteroatoms. The van der Waals surface area contributed by atoms with Gasteiger partial charge >= 0.3 is 0 Å². The Morgan fingerprint density at radius 2 is 2.04 bits per heavy atom. The molecule has 2 aliphatic rings. The third kappa shape index (κ3) is 2.82. The van der Waals surface area contributed by atoms with Crippen molar-refractivity contribution in [2.75, 3.05) is 18.5 Å². The van der Waals surface area contributed by atoms with Crippen molar-refractivity contribution < 1.29 is 9.59 Å². The van der Waals surface area contributed by atoms with Gasteiger partial charge in [0.1, 0.15) is 5.71 Å². The number of amides is 2. The van der Waals surface area contributed by atoms with Crippen LogP contribution in [0.2, 0.25) is 0 Å². The lowest BCUT2D eigenvalue weighted by atomic mass is 9.97. The average molecular weight is 337 g/mol. The summed E-state index contributed by atoms with van der Waals surface area (Å²) in [4.78, 5) is 26.5. The number of hydrogen-bond acceptors (Lipinski definition) is 4. The third-order valence-electron chi connectivity index (χ3n) is 4.73. The molecule has 3 heterocycles. The van der Waals surface area contributed by atoms with E-state index < -0.39 is 0 Å². The molecule has 2 aliphatic heterocycles. The van der Waals surface area contributed by atoms with Crippen LogP contribution in [0.4, 0.5) is 5.69 Å². The van der Waals surface area contributed by atoms with Crippen LogP contribution in [0, 0.1) is 0 Å². The zero-order valence-corrected chi connectivity index (χ0v) is 14.0. The topological polar surface area (TPSA) is 70.8 Å². The molecular weight excluding hydrogens is 318 g/mol. The maximum atomic E-state index is 13.1. The lowest BCUT2D eigenvalue weighted by Gasteiger charge is -2.35. The van der Waals surface area contributed by atoms with Gasteiger partial charge in [-0.1, -0.05) is 18.2 Å². The second-order valence-electron chi connectivity index (χ2n) is 6.35. The van der Waals surface area contributed by atoms with Crippen molar-refractivity contribution in [1.82, 2.24) is 14.8 Å². The van der Waals surface area contributed by atoms with Crippen LogP contribution in [-0.4, -0.2) is 45.9 Å². The number of carbonyl (C=O) groups excluding carboxylic acids is 2. The largest absolute Gasteiger partial charge is 0.305 e. The summed E-state index contributed by atoms with van der Waals surface area (Å²) in [6, 6.07) is 9.90. The first kappa shape index (κ1) is 15.6. The highest BCUT2D eigenvalue weighted by atomic mass is 16.2. The Labute approximate surface area is 145 Å². The molecule has 0 spiro atoms. The predicted octanol–water partition coefficient (Wildman–Crippen LogP) is 1.62. The van der Waals surface area contributed by atoms with Crippen LogP contribution in [0.1, 0.15) is 24.4 Å². The van der Waals surface area contributed by atoms with Crippen LogP contribution in [-0.2, 0) is 16.0 Å². The molecule has 4 rings (SSSR count). The maximum Gasteiger partial charge on any atom is 0.274 e. The van der Waals surface area contributed by atoms with Crippen LogP contribution in [0.3, 0.4) is 0 Å². The van der Waals surface area contributed by atoms with E-state index in [2.05, 4.69) is 10.2 Å². The fourth-order valence-corrected chi connectivity index (χ4v) is 3.42. The molecule has 0 saturated heterocycles. The summed E-state index contributed by atoms with van der Waals surface area (Å²) in [7, 11) is 1.59. The highest BCUT2D eigenvalue weighted by molar-refractivity contribution is 6.44. The fraction of sp³-hybridized carbons (Fsp3) is 0.333. The lowest BCUT2D eigenvalue weighted by molar-refractivity contribution is -0.130. The number of aromatic nitrogens is 2. The van der Waals surface area contributed by atoms with Crippen LogP contribution in [0.15, 0.2) is 47.8 Å². The van der Waals surface area contributed by atoms with E-state index in [0.717, 1.165) is 17.7 Å². The number of carbonyl (C=O) groups is 2. The van der Waals surface area contributed by atoms with E-state index in [1.165, 1.54) is 5.01 Å². The van der Waals surface area contributed by atoms with Gasteiger partial charge in [-0.05, 0) is 24.1 Å². The number of benzene rings is 1. The number of fused-ring (bicyclic) bond motifs is 1. The fourth-order valence-electron chi connectivity index (χ4n) is 3.42. The molecule has 1 aromatic heterocycles. The number of nitrogens with zero attached hydrogens (tertiary/aromatic N) is 5. The van der Waals surface area contributed by atoms with E-state index in [0.29, 0.717) is 25.1 Å². The van der Waals surface area contributed by atoms with Gasteiger partial charge in [0.05, 0.1) is 6.04 Å². The first-order valence-corrected chi connectivity index (χ1v) is 8.36. The van der Waals surface area contributed by atoms with Crippen LogP contribution in [0.5, 0.6) is 0 Å². The summed E-state index contributed by atoms with van der Waals surface area (Å²) in [6.07, 6.45) is 5.20. The Balaban J connectivity index is 1.68. The minimum Gasteiger partial charge on any atom is -0.305 e. The summed E-state index contributed by atoms with van der Waals surface area (Å²) in [5.74, 6) is -0.200. The highest BCUT2D eigenvalue weighted by Crippen LogP contribution is 2.32. The zero-order chi connectivity index (χ0) is 17.4. The molecule has 1 atom stereocenters. The van der Waals surface area contributed by atoms with E-state index in [9.17, 15) is 9.59 Å². The first-order valence-electron chi connectivity index (χ1n) is 8.36. The normalized spacial score (nSPS) is 20.3. The molecular formula is C18H19N5O2. The van der Waals surface area contributed by atoms with Crippen LogP contribution < -0.4 is 4.90 Å². The van der Waals surface area contributed by atoms with E-state index in [4.69, 9.17) is 0 Å². The predicted molar refractivity (Wildman–Crippen MR) is 93.2 cm³/mol. The third-order valence-corrected chi connectivity index (χ3v) is 4.73. The molecule has 0 unspecified atom stereocenters. The van der Waals surface area contributed by atoms with Gasteiger partial charge in [0.25, 0.3) is 5.91 Å². The minimum absolute atomic E-state index is 0.0648. The van der Waals surface area contributed by atoms with Gasteiger partial charge in [0.2, 0.25) is 5.91 Å². The SMILES string of the molecule is CN1N=C(C(=O)N2C[C@@H](n3cccn3)Cc3ccccc32)CCC1=O. The van der Waals surface area contributed by atoms with Gasteiger partial charge in [-0.2, -0.15) is 10.2 Å². The van der Waals surface area contributed by atoms with Crippen molar-refractivity contribution in [2.24, 2.45) is 5.10 Å². The zero-order valence-electron chi connectivity index (χ0n) is 14.0. The molecule has 7 nitrogen and oxygen atoms in total. The second-order valence-corrected chi connectivity index (χ2v) is 6.35. The van der Waals surface area contributed by atoms with Crippen molar-refractivity contribution >= 4 is 23.2 Å². The number of para-hydroxylation sites is 1. The van der Waals surface area contributed by atoms with Gasteiger partial charge in [-0.25, -0.2) is 5.01 Å². The molecule has 0 aliphatic carbocycles. The number of rotatable bonds is 2. The molecule has 0 saturated carbocycles. The van der Waals surface area contributed by atoms with Gasteiger partial charge in [-0.15, -0.1) is 0 Å². The molecule has 0 N–H and O–H groups in total. The van der Waals surface area contributed by atoms with Crippen LogP contribution in [0.25, 0.3) is 0 Å². The minimum atomic E-state index is -0.136. The van der Waals surface area contributed by atoms with Crippen molar-refractivity contribution in [3.63, 3.8) is 0 Å². The Hall–Kier alpha value is -2.96. The Morgan fingerprint density at radius 3 is 2.80 bits per heavy atom. The molecule has 0 bridgehead atoms. The summed E-state index contributed by atoms with van der Waals surface area (Å²) in [6.45, 7) is 0.536. The molecule has 128 valence electrons. The number of hydrogen-bond donors (Lipinski definition) is 0. The van der Waals surface area contributed by atoms with Gasteiger partial charge in [0, 0.05) is 44.5 Å². The molecule has 0 fully saturated rings. The molecule has 0 radical (unpaired) electrons. The molecule has 1 aromatic carbocycles. The maximum absolute atomic E-state index is 13.1. The molecule has 2 aromatic rings. The lowest BCUT2D eigenvalue weighted by Crippen LogP contribution is -2.46. The molecule has 2 amide bonds. The quantitative estimate of drug-likeness (QED) is 0.836. The smallest absolute Gasteiger partial charge is 0.274 e. The van der Waals surface area contributed by atoms with Crippen molar-refractivity contribution in [3.05, 3.63) is 48.3 Å². The Morgan fingerprint density at radius 1 is 1.20 bits per heavy atom. The van der Waals surface area contributed by atoms with Crippen LogP contribution >= 0.6 is 0 Å². The second kappa shape index (κ2) is 6.16. The first-order chi connectivity index (χ1) is 12.1. The van der Waals surface area contributed by atoms with E-state index >= 15 is 0 Å². The summed E-state index contributed by atoms with van der Waals surface area (Å²) < 4.78 is 1.90. The molecule has 25 heavy (non-hydrogen) atoms.